The minimum atomic E-state index is 0.289. The zero-order valence-corrected chi connectivity index (χ0v) is 68.2. The third-order valence-electron chi connectivity index (χ3n) is 16.5. The monoisotopic (exact) mass is 1290 g/mol. The Kier molecular flexibility index (Phi) is 86.0. The second kappa shape index (κ2) is 74.7. The fourth-order valence-electron chi connectivity index (χ4n) is 7.50. The average molecular weight is 1290 g/mol. The summed E-state index contributed by atoms with van der Waals surface area (Å²) in [6, 6.07) is 0. The highest BCUT2D eigenvalue weighted by molar-refractivity contribution is 5.06. The molecule has 6 atom stereocenters. The van der Waals surface area contributed by atoms with Crippen LogP contribution in [0, 0.1) is 46.3 Å². The van der Waals surface area contributed by atoms with E-state index in [0.29, 0.717) is 40.9 Å². The molecule has 0 spiro atoms. The molecule has 0 aromatic rings. The molecule has 93 heavy (non-hydrogen) atoms. The van der Waals surface area contributed by atoms with E-state index in [0.717, 1.165) is 24.8 Å². The summed E-state index contributed by atoms with van der Waals surface area (Å²) in [4.78, 5) is 0. The fourth-order valence-corrected chi connectivity index (χ4v) is 7.50. The first-order valence-corrected chi connectivity index (χ1v) is 36.7. The van der Waals surface area contributed by atoms with E-state index in [2.05, 4.69) is 283 Å². The van der Waals surface area contributed by atoms with Gasteiger partial charge in [0.25, 0.3) is 0 Å². The summed E-state index contributed by atoms with van der Waals surface area (Å²) < 4.78 is 0. The van der Waals surface area contributed by atoms with Crippen molar-refractivity contribution < 1.29 is 0 Å². The third-order valence-corrected chi connectivity index (χ3v) is 16.5. The van der Waals surface area contributed by atoms with Gasteiger partial charge in [-0.25, -0.2) is 0 Å². The van der Waals surface area contributed by atoms with Gasteiger partial charge < -0.3 is 0 Å². The van der Waals surface area contributed by atoms with Crippen molar-refractivity contribution in [2.24, 2.45) is 46.3 Å². The van der Waals surface area contributed by atoms with Crippen molar-refractivity contribution in [2.45, 2.75) is 327 Å². The van der Waals surface area contributed by atoms with Gasteiger partial charge in [0.1, 0.15) is 0 Å². The molecule has 0 aromatic carbocycles. The van der Waals surface area contributed by atoms with Crippen LogP contribution in [-0.4, -0.2) is 0 Å². The largest absolute Gasteiger partial charge is 0.103 e. The average Bonchev–Trinajstić information content (AvgIpc) is 3.72. The van der Waals surface area contributed by atoms with Gasteiger partial charge in [0, 0.05) is 0 Å². The summed E-state index contributed by atoms with van der Waals surface area (Å²) in [7, 11) is 0. The number of hydrogen-bond acceptors (Lipinski definition) is 0. The Bertz CT molecular complexity index is 2080. The zero-order valence-electron chi connectivity index (χ0n) is 68.2. The van der Waals surface area contributed by atoms with E-state index >= 15 is 0 Å². The smallest absolute Gasteiger partial charge is 0.0177 e. The molecular weight excluding hydrogens is 1120 g/mol. The number of rotatable bonds is 41. The summed E-state index contributed by atoms with van der Waals surface area (Å²) in [5.74, 6) is 3.95. The standard InChI is InChI=1S/8C11H20.C5H8/c1-9(2)7-6-8-11(5)10(3)4;1-6-11(4,5)9-7-8-10(2)3;1-6-10(4)7-8-11(5)9(2)3;1-6-10(3)8-9-11(4,5)7-2;1-5-11(4)9-7-6-8-10(2)3;1-5-7-11(4)9-6-8-10(2)3;1-5-10(3)8-7-9-11(4)6-2;1-5-7-11(4)9-8-10(3)6-2;1-4-5(2)3/h11H,1,3,6-8H2,2,4-5H3;6H,1-2,7-9H2,3-5H3;6,10-11H,1-2,7-8H2,3-5H3;6-7,10H,1-2,8-9H2,3-5H3;9H,2,5-8H2,1,3-4H3;7H,2,5-6,8-9H2,1,3-4H3;5,9-10H,1,6-8H2,2-4H3;6-7,10H,2,5,8-9H2,1,3-4H3;4H,1-2H2,3H3/b;;;;11-9+;11-7+;11-9+;11-7+;. The van der Waals surface area contributed by atoms with Crippen LogP contribution in [0.25, 0.3) is 0 Å². The van der Waals surface area contributed by atoms with Gasteiger partial charge in [0.05, 0.1) is 0 Å². The molecule has 0 saturated heterocycles. The quantitative estimate of drug-likeness (QED) is 0.0325. The van der Waals surface area contributed by atoms with Crippen LogP contribution in [0.3, 0.4) is 0 Å². The molecule has 0 radical (unpaired) electrons. The van der Waals surface area contributed by atoms with E-state index in [-0.39, 0.29) is 5.41 Å². The van der Waals surface area contributed by atoms with Crippen LogP contribution in [0.5, 0.6) is 0 Å². The lowest BCUT2D eigenvalue weighted by Crippen LogP contribution is -2.08. The van der Waals surface area contributed by atoms with Crippen molar-refractivity contribution in [2.75, 3.05) is 0 Å². The Labute approximate surface area is 590 Å². The van der Waals surface area contributed by atoms with Gasteiger partial charge in [0.2, 0.25) is 0 Å². The van der Waals surface area contributed by atoms with Crippen LogP contribution in [-0.2, 0) is 0 Å². The third kappa shape index (κ3) is 106. The number of hydrogen-bond donors (Lipinski definition) is 0. The second-order valence-electron chi connectivity index (χ2n) is 29.1. The van der Waals surface area contributed by atoms with Crippen molar-refractivity contribution in [1.82, 2.24) is 0 Å². The SMILES string of the molecule is C=C(C)CCC/C(C)=C/CC.C=C(C)CCC/C=C(\C)CC.C=C(C)CCCC(C)C(=C)C.C=CC(=C)C.C=CC(C)(C)CCCC(=C)C.C=CC(C)CC/C(C)=C/CC.C=CC(C)CC/C=C(\C)CC.C=CC(C)CCC(C)(C)C=C.C=CC(C)CCC(C)C(=C)C. The van der Waals surface area contributed by atoms with E-state index < -0.39 is 0 Å². The predicted octanol–water partition coefficient (Wildman–Crippen LogP) is 33.3. The van der Waals surface area contributed by atoms with Crippen LogP contribution < -0.4 is 0 Å². The van der Waals surface area contributed by atoms with Crippen LogP contribution in [0.15, 0.2) is 220 Å². The van der Waals surface area contributed by atoms with E-state index in [9.17, 15) is 0 Å². The Morgan fingerprint density at radius 1 is 0.333 bits per heavy atom. The van der Waals surface area contributed by atoms with Crippen molar-refractivity contribution in [3.8, 4) is 0 Å². The molecule has 0 amide bonds. The van der Waals surface area contributed by atoms with E-state index in [1.54, 1.807) is 6.08 Å². The lowest BCUT2D eigenvalue weighted by atomic mass is 9.85. The summed E-state index contributed by atoms with van der Waals surface area (Å²) in [6.45, 7) is 107. The summed E-state index contributed by atoms with van der Waals surface area (Å²) in [5, 5.41) is 0. The Morgan fingerprint density at radius 2 is 0.667 bits per heavy atom. The van der Waals surface area contributed by atoms with Crippen LogP contribution in [0.2, 0.25) is 0 Å². The summed E-state index contributed by atoms with van der Waals surface area (Å²) in [5.41, 5.74) is 15.4. The maximum atomic E-state index is 3.93. The van der Waals surface area contributed by atoms with Gasteiger partial charge in [-0.1, -0.05) is 251 Å². The molecule has 0 fully saturated rings. The first kappa shape index (κ1) is 107. The second-order valence-corrected chi connectivity index (χ2v) is 29.1. The molecule has 0 saturated carbocycles. The van der Waals surface area contributed by atoms with Gasteiger partial charge in [-0.3, -0.25) is 0 Å². The topological polar surface area (TPSA) is 0 Å². The maximum Gasteiger partial charge on any atom is -0.0177 e. The van der Waals surface area contributed by atoms with E-state index in [1.807, 2.05) is 43.4 Å². The normalized spacial score (nSPS) is 12.9. The molecule has 0 heteroatoms. The lowest BCUT2D eigenvalue weighted by molar-refractivity contribution is 0.397. The van der Waals surface area contributed by atoms with Gasteiger partial charge in [-0.05, 0) is 277 Å². The van der Waals surface area contributed by atoms with Crippen molar-refractivity contribution in [1.29, 1.82) is 0 Å². The highest BCUT2D eigenvalue weighted by Crippen LogP contribution is 2.27. The molecule has 0 N–H and O–H groups in total. The highest BCUT2D eigenvalue weighted by Gasteiger charge is 2.13. The Hall–Kier alpha value is -4.68. The van der Waals surface area contributed by atoms with Gasteiger partial charge in [-0.15, -0.1) is 65.8 Å². The number of allylic oxidation sites excluding steroid dienone is 22. The van der Waals surface area contributed by atoms with Crippen LogP contribution in [0.1, 0.15) is 327 Å². The fraction of sp³-hybridized carbons (Fsp3) is 0.613. The van der Waals surface area contributed by atoms with E-state index in [1.165, 1.54) is 191 Å². The molecule has 0 aliphatic carbocycles. The molecular formula is C93H168. The summed E-state index contributed by atoms with van der Waals surface area (Å²) in [6.07, 6.45) is 52.2. The first-order chi connectivity index (χ1) is 43.1. The van der Waals surface area contributed by atoms with Crippen LogP contribution in [0.4, 0.5) is 0 Å². The Balaban J connectivity index is -0.000000123. The Morgan fingerprint density at radius 3 is 1.03 bits per heavy atom. The van der Waals surface area contributed by atoms with Gasteiger partial charge in [0.15, 0.2) is 0 Å². The molecule has 0 rings (SSSR count). The zero-order chi connectivity index (χ0) is 74.6. The van der Waals surface area contributed by atoms with E-state index in [4.69, 9.17) is 0 Å². The summed E-state index contributed by atoms with van der Waals surface area (Å²) >= 11 is 0. The van der Waals surface area contributed by atoms with Crippen molar-refractivity contribution in [3.63, 3.8) is 0 Å². The molecule has 0 aliphatic rings. The molecule has 0 aliphatic heterocycles. The highest BCUT2D eigenvalue weighted by atomic mass is 14.2. The van der Waals surface area contributed by atoms with Crippen LogP contribution >= 0.6 is 0 Å². The molecule has 540 valence electrons. The minimum absolute atomic E-state index is 0.289. The van der Waals surface area contributed by atoms with Gasteiger partial charge in [-0.2, -0.15) is 0 Å². The minimum Gasteiger partial charge on any atom is -0.103 e. The van der Waals surface area contributed by atoms with Gasteiger partial charge >= 0.3 is 0 Å². The molecule has 0 heterocycles. The van der Waals surface area contributed by atoms with Crippen molar-refractivity contribution in [3.05, 3.63) is 220 Å². The maximum absolute atomic E-state index is 3.93. The predicted molar refractivity (Wildman–Crippen MR) is 446 cm³/mol. The van der Waals surface area contributed by atoms with Crippen molar-refractivity contribution >= 4 is 0 Å². The molecule has 0 nitrogen and oxygen atoms in total. The molecule has 0 aromatic heterocycles. The number of unbranched alkanes of at least 4 members (excludes halogenated alkanes) is 1. The lowest BCUT2D eigenvalue weighted by Gasteiger charge is -2.20. The molecule has 6 unspecified atom stereocenters. The molecule has 0 bridgehead atoms. The first-order valence-electron chi connectivity index (χ1n) is 36.7.